The summed E-state index contributed by atoms with van der Waals surface area (Å²) in [4.78, 5) is 3.20. The summed E-state index contributed by atoms with van der Waals surface area (Å²) < 4.78 is 86.5. The normalized spacial score (nSPS) is 14.1. The van der Waals surface area contributed by atoms with Gasteiger partial charge in [0.25, 0.3) is 0 Å². The van der Waals surface area contributed by atoms with Crippen molar-refractivity contribution in [3.05, 3.63) is 34.1 Å². The molecule has 0 saturated heterocycles. The summed E-state index contributed by atoms with van der Waals surface area (Å²) in [5, 5.41) is 1.19. The van der Waals surface area contributed by atoms with Crippen LogP contribution in [0.1, 0.15) is 5.56 Å². The monoisotopic (exact) mass is 397 g/mol. The van der Waals surface area contributed by atoms with Gasteiger partial charge in [-0.1, -0.05) is 23.2 Å². The average Bonchev–Trinajstić information content (AvgIpc) is 2.84. The molecule has 126 valence electrons. The molecule has 0 spiro atoms. The highest BCUT2D eigenvalue weighted by Crippen LogP contribution is 2.37. The maximum absolute atomic E-state index is 12.6. The van der Waals surface area contributed by atoms with Crippen LogP contribution in [-0.4, -0.2) is 24.5 Å². The third-order valence-electron chi connectivity index (χ3n) is 2.42. The first kappa shape index (κ1) is 18.0. The Bertz CT molecular complexity index is 750. The zero-order chi connectivity index (χ0) is 17.6. The number of rotatable bonds is 2. The first-order valence-corrected chi connectivity index (χ1v) is 7.28. The van der Waals surface area contributed by atoms with E-state index >= 15 is 0 Å². The van der Waals surface area contributed by atoms with Gasteiger partial charge in [0.2, 0.25) is 5.16 Å². The zero-order valence-corrected chi connectivity index (χ0v) is 12.7. The Kier molecular flexibility index (Phi) is 4.66. The third-order valence-corrected chi connectivity index (χ3v) is 3.94. The van der Waals surface area contributed by atoms with Gasteiger partial charge < -0.3 is 0 Å². The van der Waals surface area contributed by atoms with Crippen LogP contribution < -0.4 is 0 Å². The highest BCUT2D eigenvalue weighted by atomic mass is 35.5. The second-order valence-electron chi connectivity index (χ2n) is 3.97. The van der Waals surface area contributed by atoms with Crippen molar-refractivity contribution in [3.63, 3.8) is 0 Å². The second-order valence-corrected chi connectivity index (χ2v) is 6.15. The van der Waals surface area contributed by atoms with E-state index in [-0.39, 0.29) is 5.69 Å². The Balaban J connectivity index is 2.49. The van der Waals surface area contributed by atoms with Gasteiger partial charge in [-0.25, -0.2) is 13.9 Å². The molecule has 2 rings (SSSR count). The zero-order valence-electron chi connectivity index (χ0n) is 10.4. The van der Waals surface area contributed by atoms with E-state index in [0.717, 1.165) is 0 Å². The van der Waals surface area contributed by atoms with Crippen LogP contribution in [0.15, 0.2) is 23.6 Å². The van der Waals surface area contributed by atoms with Crippen molar-refractivity contribution in [1.29, 1.82) is 0 Å². The lowest BCUT2D eigenvalue weighted by molar-refractivity contribution is -0.137. The Labute approximate surface area is 136 Å². The number of aromatic nitrogens is 3. The molecule has 0 fully saturated rings. The summed E-state index contributed by atoms with van der Waals surface area (Å²) in [5.74, 6) is 0. The van der Waals surface area contributed by atoms with Crippen molar-refractivity contribution < 1.29 is 30.6 Å². The van der Waals surface area contributed by atoms with Crippen LogP contribution in [0.3, 0.4) is 0 Å². The number of benzene rings is 1. The molecule has 13 heteroatoms. The first-order valence-electron chi connectivity index (χ1n) is 5.38. The number of hydrogen-bond donors (Lipinski definition) is 0. The summed E-state index contributed by atoms with van der Waals surface area (Å²) in [5.41, 5.74) is -6.55. The molecule has 0 aliphatic rings. The van der Waals surface area contributed by atoms with Crippen LogP contribution in [0, 0.1) is 0 Å². The van der Waals surface area contributed by atoms with Crippen LogP contribution in [0.25, 0.3) is 5.69 Å². The van der Waals surface area contributed by atoms with E-state index in [1.807, 2.05) is 0 Å². The first-order chi connectivity index (χ1) is 10.4. The lowest BCUT2D eigenvalue weighted by atomic mass is 10.2. The van der Waals surface area contributed by atoms with Crippen LogP contribution in [0.5, 0.6) is 0 Å². The van der Waals surface area contributed by atoms with Crippen molar-refractivity contribution in [2.45, 2.75) is 16.8 Å². The molecule has 4 nitrogen and oxygen atoms in total. The van der Waals surface area contributed by atoms with Gasteiger partial charge in [0.05, 0.1) is 15.6 Å². The molecule has 0 N–H and O–H groups in total. The molecule has 1 unspecified atom stereocenters. The van der Waals surface area contributed by atoms with E-state index < -0.39 is 43.2 Å². The Hall–Kier alpha value is -1.33. The van der Waals surface area contributed by atoms with E-state index in [1.54, 1.807) is 0 Å². The van der Waals surface area contributed by atoms with Gasteiger partial charge in [-0.3, -0.25) is 0 Å². The van der Waals surface area contributed by atoms with Crippen LogP contribution in [0.4, 0.5) is 26.3 Å². The van der Waals surface area contributed by atoms with Crippen LogP contribution in [0.2, 0.25) is 10.0 Å². The van der Waals surface area contributed by atoms with E-state index in [9.17, 15) is 30.6 Å². The molecule has 2 aromatic rings. The molecule has 0 radical (unpaired) electrons. The molecular formula is C10H3Cl2F6N3OS. The Morgan fingerprint density at radius 1 is 1.04 bits per heavy atom. The van der Waals surface area contributed by atoms with Crippen molar-refractivity contribution in [2.24, 2.45) is 0 Å². The Morgan fingerprint density at radius 2 is 1.57 bits per heavy atom. The van der Waals surface area contributed by atoms with E-state index in [4.69, 9.17) is 23.2 Å². The maximum atomic E-state index is 12.6. The fourth-order valence-electron chi connectivity index (χ4n) is 1.49. The summed E-state index contributed by atoms with van der Waals surface area (Å²) in [6, 6.07) is 1.07. The standard InChI is InChI=1S/C10H3Cl2F6N3OS/c11-5-1-4(9(13,14)15)2-6(12)7(5)21-3-19-8(20-21)23(22)10(16,17)18/h1-3H. The number of halogens is 8. The van der Waals surface area contributed by atoms with Crippen molar-refractivity contribution in [1.82, 2.24) is 14.8 Å². The lowest BCUT2D eigenvalue weighted by Gasteiger charge is -2.11. The highest BCUT2D eigenvalue weighted by molar-refractivity contribution is 7.85. The minimum Gasteiger partial charge on any atom is -0.242 e. The fraction of sp³-hybridized carbons (Fsp3) is 0.200. The summed E-state index contributed by atoms with van der Waals surface area (Å²) >= 11 is 11.4. The quantitative estimate of drug-likeness (QED) is 0.712. The second kappa shape index (κ2) is 5.95. The topological polar surface area (TPSA) is 47.8 Å². The van der Waals surface area contributed by atoms with Crippen LogP contribution >= 0.6 is 23.2 Å². The fourth-order valence-corrected chi connectivity index (χ4v) is 2.66. The van der Waals surface area contributed by atoms with E-state index in [0.29, 0.717) is 23.1 Å². The highest BCUT2D eigenvalue weighted by Gasteiger charge is 2.41. The molecule has 1 atom stereocenters. The molecular weight excluding hydrogens is 395 g/mol. The van der Waals surface area contributed by atoms with Gasteiger partial charge in [0, 0.05) is 0 Å². The molecule has 1 aromatic heterocycles. The minimum atomic E-state index is -5.08. The number of hydrogen-bond acceptors (Lipinski definition) is 3. The van der Waals surface area contributed by atoms with Gasteiger partial charge in [-0.2, -0.15) is 26.3 Å². The molecule has 1 aromatic carbocycles. The molecule has 0 amide bonds. The minimum absolute atomic E-state index is 0.320. The SMILES string of the molecule is O=S(c1ncn(-c2c(Cl)cc(C(F)(F)F)cc2Cl)n1)C(F)(F)F. The predicted molar refractivity (Wildman–Crippen MR) is 68.8 cm³/mol. The molecule has 0 saturated carbocycles. The van der Waals surface area contributed by atoms with Gasteiger partial charge in [0.1, 0.15) is 12.0 Å². The lowest BCUT2D eigenvalue weighted by Crippen LogP contribution is -2.17. The smallest absolute Gasteiger partial charge is 0.242 e. The van der Waals surface area contributed by atoms with Crippen molar-refractivity contribution >= 4 is 34.0 Å². The largest absolute Gasteiger partial charge is 0.479 e. The van der Waals surface area contributed by atoms with Gasteiger partial charge in [0.15, 0.2) is 10.8 Å². The summed E-state index contributed by atoms with van der Waals surface area (Å²) in [6.07, 6.45) is -4.00. The summed E-state index contributed by atoms with van der Waals surface area (Å²) in [7, 11) is -3.49. The van der Waals surface area contributed by atoms with Crippen molar-refractivity contribution in [3.8, 4) is 5.69 Å². The molecule has 0 aliphatic carbocycles. The Morgan fingerprint density at radius 3 is 2.00 bits per heavy atom. The number of nitrogens with zero attached hydrogens (tertiary/aromatic N) is 3. The molecule has 1 heterocycles. The maximum Gasteiger partial charge on any atom is 0.479 e. The summed E-state index contributed by atoms with van der Waals surface area (Å²) in [6.45, 7) is 0. The molecule has 0 aliphatic heterocycles. The number of alkyl halides is 6. The van der Waals surface area contributed by atoms with Gasteiger partial charge >= 0.3 is 11.7 Å². The van der Waals surface area contributed by atoms with E-state index in [1.165, 1.54) is 0 Å². The molecule has 0 bridgehead atoms. The predicted octanol–water partition coefficient (Wildman–Crippen LogP) is 4.22. The third kappa shape index (κ3) is 3.78. The van der Waals surface area contributed by atoms with Crippen LogP contribution in [-0.2, 0) is 17.0 Å². The van der Waals surface area contributed by atoms with Crippen molar-refractivity contribution in [2.75, 3.05) is 0 Å². The van der Waals surface area contributed by atoms with Gasteiger partial charge in [-0.05, 0) is 12.1 Å². The van der Waals surface area contributed by atoms with Gasteiger partial charge in [-0.15, -0.1) is 5.10 Å². The molecule has 23 heavy (non-hydrogen) atoms. The van der Waals surface area contributed by atoms with E-state index in [2.05, 4.69) is 10.1 Å². The average molecular weight is 398 g/mol.